The first kappa shape index (κ1) is 18.5. The molecule has 0 saturated carbocycles. The Morgan fingerprint density at radius 1 is 1.48 bits per heavy atom. The van der Waals surface area contributed by atoms with Crippen LogP contribution in [0.2, 0.25) is 0 Å². The molecule has 0 amide bonds. The molecule has 0 aliphatic heterocycles. The van der Waals surface area contributed by atoms with Gasteiger partial charge in [-0.1, -0.05) is 29.3 Å². The number of rotatable bonds is 8. The summed E-state index contributed by atoms with van der Waals surface area (Å²) in [7, 11) is -2.49. The molecule has 0 fully saturated rings. The van der Waals surface area contributed by atoms with Gasteiger partial charge in [0.2, 0.25) is 10.0 Å². The Hall–Kier alpha value is -0.540. The second-order valence-corrected chi connectivity index (χ2v) is 7.24. The number of ether oxygens (including phenoxy) is 1. The van der Waals surface area contributed by atoms with Gasteiger partial charge in [-0.05, 0) is 18.6 Å². The van der Waals surface area contributed by atoms with Gasteiger partial charge >= 0.3 is 0 Å². The van der Waals surface area contributed by atoms with Crippen LogP contribution in [0.4, 0.5) is 4.39 Å². The zero-order valence-corrected chi connectivity index (χ0v) is 14.4. The molecule has 0 aliphatic carbocycles. The highest BCUT2D eigenvalue weighted by Crippen LogP contribution is 2.24. The van der Waals surface area contributed by atoms with E-state index in [1.165, 1.54) is 19.2 Å². The molecule has 0 aromatic heterocycles. The zero-order valence-electron chi connectivity index (χ0n) is 12.0. The molecule has 1 rings (SSSR count). The highest BCUT2D eigenvalue weighted by Gasteiger charge is 2.25. The molecule has 0 aliphatic rings. The fraction of sp³-hybridized carbons (Fsp3) is 0.538. The van der Waals surface area contributed by atoms with Crippen LogP contribution in [0.15, 0.2) is 21.5 Å². The first-order valence-electron chi connectivity index (χ1n) is 6.55. The zero-order chi connectivity index (χ0) is 16.0. The first-order valence-corrected chi connectivity index (χ1v) is 8.82. The molecule has 0 saturated heterocycles. The van der Waals surface area contributed by atoms with Crippen LogP contribution < -0.4 is 10.5 Å². The Kier molecular flexibility index (Phi) is 7.22. The number of halogens is 2. The van der Waals surface area contributed by atoms with E-state index in [4.69, 9.17) is 10.5 Å². The summed E-state index contributed by atoms with van der Waals surface area (Å²) in [5.41, 5.74) is 5.57. The maximum absolute atomic E-state index is 14.2. The van der Waals surface area contributed by atoms with Gasteiger partial charge in [-0.25, -0.2) is 17.5 Å². The number of nitrogens with two attached hydrogens (primary N) is 1. The van der Waals surface area contributed by atoms with Crippen molar-refractivity contribution in [2.45, 2.75) is 37.2 Å². The van der Waals surface area contributed by atoms with Gasteiger partial charge in [-0.3, -0.25) is 0 Å². The Bertz CT molecular complexity index is 575. The van der Waals surface area contributed by atoms with Gasteiger partial charge in [0.15, 0.2) is 0 Å². The van der Waals surface area contributed by atoms with E-state index >= 15 is 0 Å². The van der Waals surface area contributed by atoms with Crippen molar-refractivity contribution in [2.24, 2.45) is 5.73 Å². The largest absolute Gasteiger partial charge is 0.383 e. The molecule has 0 radical (unpaired) electrons. The van der Waals surface area contributed by atoms with Crippen molar-refractivity contribution in [3.63, 3.8) is 0 Å². The van der Waals surface area contributed by atoms with E-state index in [-0.39, 0.29) is 18.7 Å². The number of methoxy groups -OCH3 is 1. The number of sulfonamides is 1. The van der Waals surface area contributed by atoms with Crippen molar-refractivity contribution in [3.05, 3.63) is 28.0 Å². The molecule has 1 atom stereocenters. The van der Waals surface area contributed by atoms with Crippen molar-refractivity contribution in [3.8, 4) is 0 Å². The van der Waals surface area contributed by atoms with E-state index in [9.17, 15) is 12.8 Å². The van der Waals surface area contributed by atoms with Gasteiger partial charge in [0, 0.05) is 29.7 Å². The van der Waals surface area contributed by atoms with Crippen LogP contribution in [-0.2, 0) is 21.3 Å². The minimum absolute atomic E-state index is 0.0791. The van der Waals surface area contributed by atoms with Crippen molar-refractivity contribution in [1.82, 2.24) is 4.72 Å². The molecule has 1 aromatic carbocycles. The molecule has 0 heterocycles. The van der Waals surface area contributed by atoms with E-state index in [0.29, 0.717) is 10.9 Å². The van der Waals surface area contributed by atoms with E-state index in [1.807, 2.05) is 6.92 Å². The SMILES string of the molecule is CCCC(COC)NS(=O)(=O)c1cc(Br)cc(CN)c1F. The summed E-state index contributed by atoms with van der Waals surface area (Å²) in [4.78, 5) is -0.408. The van der Waals surface area contributed by atoms with Crippen LogP contribution in [0.1, 0.15) is 25.3 Å². The summed E-state index contributed by atoms with van der Waals surface area (Å²) in [5.74, 6) is -0.819. The van der Waals surface area contributed by atoms with E-state index in [2.05, 4.69) is 20.7 Å². The molecule has 1 aromatic rings. The van der Waals surface area contributed by atoms with Crippen LogP contribution in [0.3, 0.4) is 0 Å². The van der Waals surface area contributed by atoms with Gasteiger partial charge in [0.05, 0.1) is 6.61 Å². The number of nitrogens with one attached hydrogen (secondary N) is 1. The van der Waals surface area contributed by atoms with Crippen LogP contribution >= 0.6 is 15.9 Å². The fourth-order valence-corrected chi connectivity index (χ4v) is 4.03. The molecule has 1 unspecified atom stereocenters. The molecule has 0 bridgehead atoms. The van der Waals surface area contributed by atoms with Crippen LogP contribution in [0, 0.1) is 5.82 Å². The lowest BCUT2D eigenvalue weighted by Gasteiger charge is -2.18. The molecular formula is C13H20BrFN2O3S. The monoisotopic (exact) mass is 382 g/mol. The van der Waals surface area contributed by atoms with Gasteiger partial charge in [0.25, 0.3) is 0 Å². The predicted octanol–water partition coefficient (Wildman–Crippen LogP) is 2.14. The van der Waals surface area contributed by atoms with Crippen LogP contribution in [0.5, 0.6) is 0 Å². The second-order valence-electron chi connectivity index (χ2n) is 4.64. The second kappa shape index (κ2) is 8.19. The maximum Gasteiger partial charge on any atom is 0.243 e. The molecule has 8 heteroatoms. The third-order valence-electron chi connectivity index (χ3n) is 2.92. The predicted molar refractivity (Wildman–Crippen MR) is 82.9 cm³/mol. The molecular weight excluding hydrogens is 363 g/mol. The Balaban J connectivity index is 3.15. The van der Waals surface area contributed by atoms with Crippen molar-refractivity contribution in [1.29, 1.82) is 0 Å². The normalized spacial score (nSPS) is 13.4. The Morgan fingerprint density at radius 2 is 2.14 bits per heavy atom. The Labute approximate surface area is 133 Å². The van der Waals surface area contributed by atoms with Crippen molar-refractivity contribution in [2.75, 3.05) is 13.7 Å². The minimum Gasteiger partial charge on any atom is -0.383 e. The average molecular weight is 383 g/mol. The van der Waals surface area contributed by atoms with Gasteiger partial charge in [-0.15, -0.1) is 0 Å². The third-order valence-corrected chi connectivity index (χ3v) is 4.89. The van der Waals surface area contributed by atoms with Crippen molar-refractivity contribution >= 4 is 26.0 Å². The first-order chi connectivity index (χ1) is 9.85. The summed E-state index contributed by atoms with van der Waals surface area (Å²) in [6.07, 6.45) is 1.39. The van der Waals surface area contributed by atoms with E-state index < -0.39 is 26.8 Å². The molecule has 5 nitrogen and oxygen atoms in total. The lowest BCUT2D eigenvalue weighted by molar-refractivity contribution is 0.171. The van der Waals surface area contributed by atoms with Gasteiger partial charge < -0.3 is 10.5 Å². The third kappa shape index (κ3) is 5.00. The highest BCUT2D eigenvalue weighted by atomic mass is 79.9. The fourth-order valence-electron chi connectivity index (χ4n) is 1.97. The Morgan fingerprint density at radius 3 is 2.67 bits per heavy atom. The van der Waals surface area contributed by atoms with E-state index in [0.717, 1.165) is 6.42 Å². The van der Waals surface area contributed by atoms with Crippen molar-refractivity contribution < 1.29 is 17.5 Å². The quantitative estimate of drug-likeness (QED) is 0.721. The number of hydrogen-bond acceptors (Lipinski definition) is 4. The summed E-state index contributed by atoms with van der Waals surface area (Å²) in [6, 6.07) is 2.30. The molecule has 3 N–H and O–H groups in total. The minimum atomic E-state index is -3.98. The maximum atomic E-state index is 14.2. The number of benzene rings is 1. The summed E-state index contributed by atoms with van der Waals surface area (Å²) in [5, 5.41) is 0. The van der Waals surface area contributed by atoms with E-state index in [1.54, 1.807) is 0 Å². The molecule has 0 spiro atoms. The summed E-state index contributed by atoms with van der Waals surface area (Å²) < 4.78 is 46.9. The lowest BCUT2D eigenvalue weighted by atomic mass is 10.2. The topological polar surface area (TPSA) is 81.4 Å². The molecule has 21 heavy (non-hydrogen) atoms. The van der Waals surface area contributed by atoms with Crippen LogP contribution in [-0.4, -0.2) is 28.2 Å². The van der Waals surface area contributed by atoms with Gasteiger partial charge in [0.1, 0.15) is 10.7 Å². The molecule has 120 valence electrons. The average Bonchev–Trinajstić information content (AvgIpc) is 2.41. The standard InChI is InChI=1S/C13H20BrFN2O3S/c1-3-4-11(8-20-2)17-21(18,19)12-6-10(14)5-9(7-16)13(12)15/h5-6,11,17H,3-4,7-8,16H2,1-2H3. The lowest BCUT2D eigenvalue weighted by Crippen LogP contribution is -2.38. The van der Waals surface area contributed by atoms with Gasteiger partial charge in [-0.2, -0.15) is 0 Å². The summed E-state index contributed by atoms with van der Waals surface area (Å²) in [6.45, 7) is 2.08. The number of hydrogen-bond donors (Lipinski definition) is 2. The smallest absolute Gasteiger partial charge is 0.243 e. The van der Waals surface area contributed by atoms with Crippen LogP contribution in [0.25, 0.3) is 0 Å². The highest BCUT2D eigenvalue weighted by molar-refractivity contribution is 9.10. The summed E-state index contributed by atoms with van der Waals surface area (Å²) >= 11 is 3.17.